The molecule has 0 saturated carbocycles. The van der Waals surface area contributed by atoms with E-state index in [1.165, 1.54) is 16.8 Å². The zero-order valence-electron chi connectivity index (χ0n) is 11.7. The summed E-state index contributed by atoms with van der Waals surface area (Å²) in [5.41, 5.74) is 6.45. The normalized spacial score (nSPS) is 11.4. The van der Waals surface area contributed by atoms with Crippen molar-refractivity contribution < 1.29 is 8.42 Å². The molecule has 0 atom stereocenters. The van der Waals surface area contributed by atoms with E-state index in [0.717, 1.165) is 5.56 Å². The van der Waals surface area contributed by atoms with Gasteiger partial charge in [0.05, 0.1) is 6.33 Å². The van der Waals surface area contributed by atoms with Crippen LogP contribution in [0.1, 0.15) is 5.56 Å². The Morgan fingerprint density at radius 1 is 1.29 bits per heavy atom. The Balaban J connectivity index is 0.00000220. The van der Waals surface area contributed by atoms with Crippen LogP contribution in [-0.4, -0.2) is 35.4 Å². The van der Waals surface area contributed by atoms with Crippen LogP contribution < -0.4 is 5.73 Å². The van der Waals surface area contributed by atoms with Gasteiger partial charge in [0.1, 0.15) is 0 Å². The van der Waals surface area contributed by atoms with Crippen LogP contribution in [0.2, 0.25) is 0 Å². The Kier molecular flexibility index (Phi) is 6.35. The van der Waals surface area contributed by atoms with Crippen LogP contribution in [0.3, 0.4) is 0 Å². The van der Waals surface area contributed by atoms with E-state index in [1.807, 2.05) is 30.3 Å². The van der Waals surface area contributed by atoms with Gasteiger partial charge in [-0.05, 0) is 5.56 Å². The molecule has 1 aromatic heterocycles. The van der Waals surface area contributed by atoms with Gasteiger partial charge in [-0.25, -0.2) is 13.4 Å². The zero-order valence-corrected chi connectivity index (χ0v) is 13.3. The van der Waals surface area contributed by atoms with E-state index in [1.54, 1.807) is 11.6 Å². The lowest BCUT2D eigenvalue weighted by atomic mass is 10.2. The first-order valence-electron chi connectivity index (χ1n) is 6.26. The third-order valence-electron chi connectivity index (χ3n) is 2.87. The minimum absolute atomic E-state index is 0. The second kappa shape index (κ2) is 7.56. The molecule has 2 N–H and O–H groups in total. The molecule has 21 heavy (non-hydrogen) atoms. The summed E-state index contributed by atoms with van der Waals surface area (Å²) in [4.78, 5) is 3.92. The molecular formula is C13H19ClN4O2S. The Bertz CT molecular complexity index is 658. The van der Waals surface area contributed by atoms with Crippen LogP contribution in [0, 0.1) is 0 Å². The van der Waals surface area contributed by atoms with Crippen LogP contribution in [0.25, 0.3) is 0 Å². The summed E-state index contributed by atoms with van der Waals surface area (Å²) in [7, 11) is -1.89. The number of nitrogens with two attached hydrogens (primary N) is 1. The Morgan fingerprint density at radius 2 is 1.95 bits per heavy atom. The highest BCUT2D eigenvalue weighted by atomic mass is 35.5. The van der Waals surface area contributed by atoms with E-state index in [0.29, 0.717) is 0 Å². The predicted molar refractivity (Wildman–Crippen MR) is 83.5 cm³/mol. The molecule has 0 spiro atoms. The van der Waals surface area contributed by atoms with Crippen molar-refractivity contribution in [2.45, 2.75) is 11.6 Å². The van der Waals surface area contributed by atoms with Crippen molar-refractivity contribution in [3.63, 3.8) is 0 Å². The van der Waals surface area contributed by atoms with Gasteiger partial charge in [-0.15, -0.1) is 12.4 Å². The first-order valence-corrected chi connectivity index (χ1v) is 7.70. The number of imidazole rings is 1. The van der Waals surface area contributed by atoms with Crippen molar-refractivity contribution in [1.82, 2.24) is 13.9 Å². The smallest absolute Gasteiger partial charge is 0.262 e. The van der Waals surface area contributed by atoms with Gasteiger partial charge in [0.15, 0.2) is 5.03 Å². The van der Waals surface area contributed by atoms with E-state index < -0.39 is 10.0 Å². The fourth-order valence-electron chi connectivity index (χ4n) is 1.87. The van der Waals surface area contributed by atoms with E-state index in [9.17, 15) is 8.42 Å². The topological polar surface area (TPSA) is 81.2 Å². The molecule has 0 amide bonds. The second-order valence-electron chi connectivity index (χ2n) is 4.49. The Hall–Kier alpha value is -1.41. The van der Waals surface area contributed by atoms with Gasteiger partial charge in [0.25, 0.3) is 10.0 Å². The highest BCUT2D eigenvalue weighted by molar-refractivity contribution is 7.89. The van der Waals surface area contributed by atoms with Gasteiger partial charge in [0.2, 0.25) is 0 Å². The second-order valence-corrected chi connectivity index (χ2v) is 6.38. The summed E-state index contributed by atoms with van der Waals surface area (Å²) in [5, 5.41) is 0.0457. The van der Waals surface area contributed by atoms with Gasteiger partial charge in [-0.3, -0.25) is 0 Å². The van der Waals surface area contributed by atoms with Gasteiger partial charge in [0, 0.05) is 32.9 Å². The standard InChI is InChI=1S/C13H18N4O2S.ClH/c1-16-10-13(15-11-16)20(18,19)17(8-7-14)9-12-5-3-2-4-6-12;/h2-6,10-11H,7-9,14H2,1H3;1H. The zero-order chi connectivity index (χ0) is 14.6. The van der Waals surface area contributed by atoms with Gasteiger partial charge >= 0.3 is 0 Å². The summed E-state index contributed by atoms with van der Waals surface area (Å²) < 4.78 is 28.0. The first kappa shape index (κ1) is 17.6. The number of aromatic nitrogens is 2. The molecule has 0 fully saturated rings. The van der Waals surface area contributed by atoms with E-state index >= 15 is 0 Å². The van der Waals surface area contributed by atoms with E-state index in [2.05, 4.69) is 4.98 Å². The quantitative estimate of drug-likeness (QED) is 0.856. The molecular weight excluding hydrogens is 312 g/mol. The van der Waals surface area contributed by atoms with Crippen molar-refractivity contribution in [1.29, 1.82) is 0 Å². The minimum atomic E-state index is -3.62. The molecule has 1 aromatic carbocycles. The molecule has 0 saturated heterocycles. The Morgan fingerprint density at radius 3 is 2.48 bits per heavy atom. The van der Waals surface area contributed by atoms with Crippen molar-refractivity contribution in [3.8, 4) is 0 Å². The van der Waals surface area contributed by atoms with Gasteiger partial charge in [-0.1, -0.05) is 30.3 Å². The number of rotatable bonds is 6. The maximum Gasteiger partial charge on any atom is 0.262 e. The third-order valence-corrected chi connectivity index (χ3v) is 4.60. The number of benzene rings is 1. The molecule has 2 rings (SSSR count). The molecule has 0 aliphatic rings. The monoisotopic (exact) mass is 330 g/mol. The maximum atomic E-state index is 12.5. The van der Waals surface area contributed by atoms with Crippen LogP contribution in [0.5, 0.6) is 0 Å². The molecule has 2 aromatic rings. The van der Waals surface area contributed by atoms with Crippen LogP contribution in [0.15, 0.2) is 47.9 Å². The molecule has 0 aliphatic carbocycles. The fourth-order valence-corrected chi connectivity index (χ4v) is 3.28. The molecule has 0 unspecified atom stereocenters. The summed E-state index contributed by atoms with van der Waals surface area (Å²) in [6.45, 7) is 0.809. The summed E-state index contributed by atoms with van der Waals surface area (Å²) >= 11 is 0. The first-order chi connectivity index (χ1) is 9.54. The molecule has 0 radical (unpaired) electrons. The lowest BCUT2D eigenvalue weighted by Gasteiger charge is -2.20. The number of hydrogen-bond acceptors (Lipinski definition) is 4. The van der Waals surface area contributed by atoms with Crippen LogP contribution in [-0.2, 0) is 23.6 Å². The SMILES string of the molecule is Cl.Cn1cnc(S(=O)(=O)N(CCN)Cc2ccccc2)c1. The molecule has 6 nitrogen and oxygen atoms in total. The molecule has 0 aliphatic heterocycles. The van der Waals surface area contributed by atoms with Crippen molar-refractivity contribution in [2.24, 2.45) is 12.8 Å². The fraction of sp³-hybridized carbons (Fsp3) is 0.308. The highest BCUT2D eigenvalue weighted by Gasteiger charge is 2.26. The summed E-state index contributed by atoms with van der Waals surface area (Å²) in [6, 6.07) is 9.42. The largest absolute Gasteiger partial charge is 0.339 e. The Labute approximate surface area is 131 Å². The number of aryl methyl sites for hydroxylation is 1. The number of hydrogen-bond donors (Lipinski definition) is 1. The van der Waals surface area contributed by atoms with Crippen molar-refractivity contribution in [2.75, 3.05) is 13.1 Å². The number of nitrogens with zero attached hydrogens (tertiary/aromatic N) is 3. The lowest BCUT2D eigenvalue weighted by molar-refractivity contribution is 0.412. The highest BCUT2D eigenvalue weighted by Crippen LogP contribution is 2.16. The molecule has 116 valence electrons. The molecule has 0 bridgehead atoms. The molecule has 8 heteroatoms. The predicted octanol–water partition coefficient (Wildman–Crippen LogP) is 0.991. The minimum Gasteiger partial charge on any atom is -0.339 e. The third kappa shape index (κ3) is 4.28. The van der Waals surface area contributed by atoms with Gasteiger partial charge < -0.3 is 10.3 Å². The average Bonchev–Trinajstić information content (AvgIpc) is 2.87. The number of sulfonamides is 1. The van der Waals surface area contributed by atoms with Crippen LogP contribution in [0.4, 0.5) is 0 Å². The maximum absolute atomic E-state index is 12.5. The lowest BCUT2D eigenvalue weighted by Crippen LogP contribution is -2.35. The summed E-state index contributed by atoms with van der Waals surface area (Å²) in [6.07, 6.45) is 2.96. The van der Waals surface area contributed by atoms with E-state index in [4.69, 9.17) is 5.73 Å². The average molecular weight is 331 g/mol. The number of halogens is 1. The summed E-state index contributed by atoms with van der Waals surface area (Å²) in [5.74, 6) is 0. The van der Waals surface area contributed by atoms with E-state index in [-0.39, 0.29) is 37.1 Å². The van der Waals surface area contributed by atoms with Gasteiger partial charge in [-0.2, -0.15) is 4.31 Å². The van der Waals surface area contributed by atoms with Crippen molar-refractivity contribution >= 4 is 22.4 Å². The van der Waals surface area contributed by atoms with Crippen LogP contribution >= 0.6 is 12.4 Å². The van der Waals surface area contributed by atoms with Crippen molar-refractivity contribution in [3.05, 3.63) is 48.4 Å². The molecule has 1 heterocycles.